The molecule has 1 atom stereocenters. The Hall–Kier alpha value is -1.17. The molecule has 1 aliphatic rings. The Balaban J connectivity index is 1.49. The number of nitrogens with one attached hydrogen (secondary N) is 3. The molecule has 102 valence electrons. The van der Waals surface area contributed by atoms with Crippen molar-refractivity contribution in [3.8, 4) is 0 Å². The molecule has 0 amide bonds. The molecule has 0 fully saturated rings. The van der Waals surface area contributed by atoms with Gasteiger partial charge >= 0.3 is 0 Å². The van der Waals surface area contributed by atoms with Crippen molar-refractivity contribution in [1.29, 1.82) is 0 Å². The predicted octanol–water partition coefficient (Wildman–Crippen LogP) is 1.84. The molecule has 1 unspecified atom stereocenters. The van der Waals surface area contributed by atoms with Crippen LogP contribution in [0.2, 0.25) is 0 Å². The van der Waals surface area contributed by atoms with Crippen LogP contribution in [0.4, 0.5) is 0 Å². The van der Waals surface area contributed by atoms with Gasteiger partial charge in [-0.15, -0.1) is 11.3 Å². The fraction of sp³-hybridized carbons (Fsp3) is 0.500. The van der Waals surface area contributed by atoms with Crippen molar-refractivity contribution in [3.05, 3.63) is 39.6 Å². The predicted molar refractivity (Wildman–Crippen MR) is 78.3 cm³/mol. The van der Waals surface area contributed by atoms with Crippen molar-refractivity contribution in [3.63, 3.8) is 0 Å². The molecule has 0 saturated heterocycles. The number of H-pyrrole nitrogens is 1. The molecule has 2 aromatic heterocycles. The van der Waals surface area contributed by atoms with Gasteiger partial charge in [-0.3, -0.25) is 0 Å². The first-order valence-corrected chi connectivity index (χ1v) is 7.75. The van der Waals surface area contributed by atoms with Crippen LogP contribution in [0.3, 0.4) is 0 Å². The number of imidazole rings is 1. The Kier molecular flexibility index (Phi) is 3.96. The fourth-order valence-electron chi connectivity index (χ4n) is 2.57. The molecular weight excluding hydrogens is 256 g/mol. The second-order valence-corrected chi connectivity index (χ2v) is 5.96. The maximum Gasteiger partial charge on any atom is 0.0925 e. The molecule has 0 aromatic carbocycles. The van der Waals surface area contributed by atoms with Gasteiger partial charge in [0.05, 0.1) is 17.7 Å². The van der Waals surface area contributed by atoms with Gasteiger partial charge in [-0.25, -0.2) is 4.98 Å². The number of rotatable bonds is 5. The first kappa shape index (κ1) is 12.8. The third kappa shape index (κ3) is 2.88. The zero-order valence-corrected chi connectivity index (χ0v) is 12.0. The van der Waals surface area contributed by atoms with Crippen molar-refractivity contribution >= 4 is 11.3 Å². The number of nitrogens with zero attached hydrogens (tertiary/aromatic N) is 1. The second-order valence-electron chi connectivity index (χ2n) is 4.96. The van der Waals surface area contributed by atoms with E-state index in [9.17, 15) is 0 Å². The number of hydrogen-bond donors (Lipinski definition) is 3. The van der Waals surface area contributed by atoms with Crippen molar-refractivity contribution in [1.82, 2.24) is 20.6 Å². The van der Waals surface area contributed by atoms with Crippen LogP contribution in [0.5, 0.6) is 0 Å². The molecule has 2 aromatic rings. The quantitative estimate of drug-likeness (QED) is 0.781. The average molecular weight is 276 g/mol. The van der Waals surface area contributed by atoms with E-state index >= 15 is 0 Å². The van der Waals surface area contributed by atoms with Crippen LogP contribution in [0.15, 0.2) is 17.8 Å². The normalized spacial score (nSPS) is 18.5. The largest absolute Gasteiger partial charge is 0.347 e. The summed E-state index contributed by atoms with van der Waals surface area (Å²) in [6, 6.07) is 2.72. The lowest BCUT2D eigenvalue weighted by atomic mass is 10.1. The number of aryl methyl sites for hydroxylation is 1. The van der Waals surface area contributed by atoms with Gasteiger partial charge in [-0.05, 0) is 23.4 Å². The molecular formula is C14H20N4S. The zero-order chi connectivity index (χ0) is 13.1. The molecule has 0 aliphatic carbocycles. The summed E-state index contributed by atoms with van der Waals surface area (Å²) in [5, 5.41) is 9.29. The first-order valence-electron chi connectivity index (χ1n) is 6.87. The first-order chi connectivity index (χ1) is 9.36. The van der Waals surface area contributed by atoms with E-state index in [0.29, 0.717) is 6.04 Å². The molecule has 3 N–H and O–H groups in total. The van der Waals surface area contributed by atoms with Crippen LogP contribution in [0, 0.1) is 0 Å². The molecule has 0 radical (unpaired) electrons. The van der Waals surface area contributed by atoms with Gasteiger partial charge in [0, 0.05) is 37.0 Å². The topological polar surface area (TPSA) is 52.7 Å². The van der Waals surface area contributed by atoms with Crippen LogP contribution < -0.4 is 10.6 Å². The van der Waals surface area contributed by atoms with Crippen molar-refractivity contribution in [2.75, 3.05) is 6.54 Å². The minimum Gasteiger partial charge on any atom is -0.347 e. The average Bonchev–Trinajstić information content (AvgIpc) is 3.06. The van der Waals surface area contributed by atoms with E-state index in [2.05, 4.69) is 39.0 Å². The lowest BCUT2D eigenvalue weighted by Crippen LogP contribution is -2.42. The third-order valence-electron chi connectivity index (χ3n) is 3.71. The summed E-state index contributed by atoms with van der Waals surface area (Å²) >= 11 is 1.85. The van der Waals surface area contributed by atoms with E-state index in [0.717, 1.165) is 32.5 Å². The highest BCUT2D eigenvalue weighted by Gasteiger charge is 2.19. The van der Waals surface area contributed by atoms with E-state index in [1.807, 2.05) is 11.3 Å². The fourth-order valence-corrected chi connectivity index (χ4v) is 3.52. The standard InChI is InChI=1S/C14H20N4S/c1-2-10-3-4-19-14(10)8-15-6-11-5-12-13(7-16-11)18-9-17-12/h3-4,9,11,15-16H,2,5-8H2,1H3,(H,17,18). The third-order valence-corrected chi connectivity index (χ3v) is 4.67. The number of aromatic amines is 1. The van der Waals surface area contributed by atoms with Crippen LogP contribution in [0.1, 0.15) is 28.8 Å². The van der Waals surface area contributed by atoms with E-state index in [1.165, 1.54) is 21.8 Å². The minimum absolute atomic E-state index is 0.487. The van der Waals surface area contributed by atoms with Gasteiger partial charge in [0.15, 0.2) is 0 Å². The smallest absolute Gasteiger partial charge is 0.0925 e. The van der Waals surface area contributed by atoms with E-state index in [4.69, 9.17) is 0 Å². The summed E-state index contributed by atoms with van der Waals surface area (Å²) in [5.74, 6) is 0. The number of thiophene rings is 1. The summed E-state index contributed by atoms with van der Waals surface area (Å²) in [6.07, 6.45) is 3.93. The highest BCUT2D eigenvalue weighted by Crippen LogP contribution is 2.17. The summed E-state index contributed by atoms with van der Waals surface area (Å²) in [4.78, 5) is 9.02. The Bertz CT molecular complexity index is 531. The van der Waals surface area contributed by atoms with Gasteiger partial charge in [0.25, 0.3) is 0 Å². The number of fused-ring (bicyclic) bond motifs is 1. The Morgan fingerprint density at radius 3 is 3.37 bits per heavy atom. The van der Waals surface area contributed by atoms with Crippen molar-refractivity contribution in [2.45, 2.75) is 38.9 Å². The lowest BCUT2D eigenvalue weighted by molar-refractivity contribution is 0.441. The van der Waals surface area contributed by atoms with Gasteiger partial charge in [-0.2, -0.15) is 0 Å². The summed E-state index contributed by atoms with van der Waals surface area (Å²) in [7, 11) is 0. The number of aromatic nitrogens is 2. The molecule has 0 spiro atoms. The van der Waals surface area contributed by atoms with Crippen molar-refractivity contribution in [2.24, 2.45) is 0 Å². The monoisotopic (exact) mass is 276 g/mol. The highest BCUT2D eigenvalue weighted by atomic mass is 32.1. The van der Waals surface area contributed by atoms with E-state index in [1.54, 1.807) is 6.33 Å². The molecule has 19 heavy (non-hydrogen) atoms. The van der Waals surface area contributed by atoms with Gasteiger partial charge in [0.1, 0.15) is 0 Å². The maximum absolute atomic E-state index is 4.37. The van der Waals surface area contributed by atoms with Gasteiger partial charge in [-0.1, -0.05) is 6.92 Å². The molecule has 5 heteroatoms. The molecule has 1 aliphatic heterocycles. The zero-order valence-electron chi connectivity index (χ0n) is 11.2. The summed E-state index contributed by atoms with van der Waals surface area (Å²) < 4.78 is 0. The highest BCUT2D eigenvalue weighted by molar-refractivity contribution is 7.10. The van der Waals surface area contributed by atoms with Gasteiger partial charge in [0.2, 0.25) is 0 Å². The summed E-state index contributed by atoms with van der Waals surface area (Å²) in [6.45, 7) is 5.09. The van der Waals surface area contributed by atoms with Crippen LogP contribution in [0.25, 0.3) is 0 Å². The lowest BCUT2D eigenvalue weighted by Gasteiger charge is -2.23. The van der Waals surface area contributed by atoms with Crippen molar-refractivity contribution < 1.29 is 0 Å². The molecule has 3 rings (SSSR count). The Morgan fingerprint density at radius 2 is 2.47 bits per heavy atom. The molecule has 0 bridgehead atoms. The van der Waals surface area contributed by atoms with Crippen LogP contribution >= 0.6 is 11.3 Å². The van der Waals surface area contributed by atoms with E-state index in [-0.39, 0.29) is 0 Å². The van der Waals surface area contributed by atoms with Crippen LogP contribution in [-0.4, -0.2) is 22.6 Å². The van der Waals surface area contributed by atoms with E-state index < -0.39 is 0 Å². The maximum atomic E-state index is 4.37. The Labute approximate surface area is 117 Å². The molecule has 4 nitrogen and oxygen atoms in total. The Morgan fingerprint density at radius 1 is 1.53 bits per heavy atom. The molecule has 3 heterocycles. The number of hydrogen-bond acceptors (Lipinski definition) is 4. The SMILES string of the molecule is CCc1ccsc1CNCC1Cc2nc[nH]c2CN1. The second kappa shape index (κ2) is 5.86. The van der Waals surface area contributed by atoms with Gasteiger partial charge < -0.3 is 15.6 Å². The minimum atomic E-state index is 0.487. The molecule has 0 saturated carbocycles. The van der Waals surface area contributed by atoms with Crippen LogP contribution in [-0.2, 0) is 25.9 Å². The summed E-state index contributed by atoms with van der Waals surface area (Å²) in [5.41, 5.74) is 3.93.